The molecule has 4 atom stereocenters. The lowest BCUT2D eigenvalue weighted by molar-refractivity contribution is -0.159. The second-order valence-corrected chi connectivity index (χ2v) is 12.4. The molecule has 33 heavy (non-hydrogen) atoms. The molecular formula is C25H38O6S2. The number of rotatable bonds is 9. The van der Waals surface area contributed by atoms with Gasteiger partial charge in [0, 0.05) is 6.61 Å². The fourth-order valence-corrected chi connectivity index (χ4v) is 7.22. The van der Waals surface area contributed by atoms with Gasteiger partial charge in [0.15, 0.2) is 0 Å². The molecule has 6 nitrogen and oxygen atoms in total. The minimum absolute atomic E-state index is 0.0757. The first-order valence-electron chi connectivity index (χ1n) is 12.0. The van der Waals surface area contributed by atoms with Crippen molar-refractivity contribution >= 4 is 28.7 Å². The van der Waals surface area contributed by atoms with Gasteiger partial charge in [0.25, 0.3) is 10.1 Å². The van der Waals surface area contributed by atoms with Gasteiger partial charge in [-0.3, -0.25) is 9.35 Å². The molecule has 0 saturated heterocycles. The Bertz CT molecular complexity index is 989. The van der Waals surface area contributed by atoms with Gasteiger partial charge in [0.05, 0.1) is 16.4 Å². The van der Waals surface area contributed by atoms with Crippen LogP contribution in [0.25, 0.3) is 0 Å². The summed E-state index contributed by atoms with van der Waals surface area (Å²) < 4.78 is 41.0. The fraction of sp³-hybridized carbons (Fsp3) is 0.720. The zero-order chi connectivity index (χ0) is 24.6. The normalized spacial score (nSPS) is 29.5. The summed E-state index contributed by atoms with van der Waals surface area (Å²) in [6, 6.07) is 3.49. The van der Waals surface area contributed by atoms with E-state index < -0.39 is 26.9 Å². The Hall–Kier alpha value is -1.09. The molecule has 0 bridgehead atoms. The molecule has 0 aliphatic heterocycles. The molecule has 0 heterocycles. The molecule has 0 radical (unpaired) electrons. The van der Waals surface area contributed by atoms with Gasteiger partial charge < -0.3 is 9.84 Å². The van der Waals surface area contributed by atoms with Gasteiger partial charge in [-0.25, -0.2) is 0 Å². The van der Waals surface area contributed by atoms with E-state index >= 15 is 0 Å². The van der Waals surface area contributed by atoms with Crippen LogP contribution in [0.15, 0.2) is 17.0 Å². The maximum absolute atomic E-state index is 12.4. The highest BCUT2D eigenvalue weighted by Crippen LogP contribution is 2.60. The van der Waals surface area contributed by atoms with Crippen molar-refractivity contribution in [2.24, 2.45) is 11.3 Å². The number of aliphatic carboxylic acids is 1. The maximum atomic E-state index is 12.4. The van der Waals surface area contributed by atoms with Crippen LogP contribution in [-0.2, 0) is 25.1 Å². The average Bonchev–Trinajstić information content (AvgIpc) is 2.72. The maximum Gasteiger partial charge on any atom is 0.309 e. The van der Waals surface area contributed by atoms with E-state index in [0.717, 1.165) is 49.0 Å². The van der Waals surface area contributed by atoms with Crippen molar-refractivity contribution in [3.63, 3.8) is 0 Å². The molecule has 1 aromatic rings. The molecule has 2 aliphatic rings. The molecule has 1 aromatic carbocycles. The monoisotopic (exact) mass is 498 g/mol. The number of unbranched alkanes of at least 4 members (excludes halogenated alkanes) is 2. The molecule has 2 aliphatic carbocycles. The van der Waals surface area contributed by atoms with Crippen LogP contribution >= 0.6 is 12.6 Å². The molecule has 3 rings (SSSR count). The Labute approximate surface area is 203 Å². The van der Waals surface area contributed by atoms with Crippen LogP contribution in [0, 0.1) is 11.3 Å². The zero-order valence-electron chi connectivity index (χ0n) is 20.1. The molecule has 1 saturated carbocycles. The van der Waals surface area contributed by atoms with Crippen LogP contribution in [0.3, 0.4) is 0 Å². The van der Waals surface area contributed by atoms with E-state index in [1.807, 2.05) is 26.8 Å². The number of benzene rings is 1. The number of hydrogen-bond acceptors (Lipinski definition) is 5. The van der Waals surface area contributed by atoms with Crippen LogP contribution in [0.4, 0.5) is 0 Å². The SMILES string of the molecule is CC(C)c1cc2c(cc1S(=O)(=O)O)[C@@]1(C)CCC[C@@](C)(C(=O)O)[C@@H]1CC2OCCCCCS. The van der Waals surface area contributed by atoms with Crippen LogP contribution in [0.2, 0.25) is 0 Å². The second kappa shape index (κ2) is 9.88. The van der Waals surface area contributed by atoms with E-state index in [1.54, 1.807) is 6.07 Å². The van der Waals surface area contributed by atoms with E-state index in [4.69, 9.17) is 4.74 Å². The summed E-state index contributed by atoms with van der Waals surface area (Å²) in [6.07, 6.45) is 5.30. The molecular weight excluding hydrogens is 460 g/mol. The first-order valence-corrected chi connectivity index (χ1v) is 14.0. The van der Waals surface area contributed by atoms with Crippen LogP contribution < -0.4 is 0 Å². The molecule has 0 aromatic heterocycles. The lowest BCUT2D eigenvalue weighted by Crippen LogP contribution is -2.53. The molecule has 186 valence electrons. The predicted molar refractivity (Wildman–Crippen MR) is 132 cm³/mol. The molecule has 2 N–H and O–H groups in total. The second-order valence-electron chi connectivity index (χ2n) is 10.5. The van der Waals surface area contributed by atoms with E-state index in [-0.39, 0.29) is 22.8 Å². The third kappa shape index (κ3) is 5.00. The number of hydrogen-bond donors (Lipinski definition) is 3. The Kier molecular flexibility index (Phi) is 7.94. The molecule has 0 spiro atoms. The van der Waals surface area contributed by atoms with Crippen molar-refractivity contribution < 1.29 is 27.6 Å². The van der Waals surface area contributed by atoms with Gasteiger partial charge >= 0.3 is 5.97 Å². The molecule has 1 fully saturated rings. The first kappa shape index (κ1) is 26.5. The summed E-state index contributed by atoms with van der Waals surface area (Å²) in [6.45, 7) is 8.24. The van der Waals surface area contributed by atoms with E-state index in [9.17, 15) is 22.9 Å². The van der Waals surface area contributed by atoms with Gasteiger partial charge in [-0.15, -0.1) is 0 Å². The Morgan fingerprint density at radius 1 is 1.21 bits per heavy atom. The van der Waals surface area contributed by atoms with E-state index in [0.29, 0.717) is 25.0 Å². The largest absolute Gasteiger partial charge is 0.481 e. The quantitative estimate of drug-likeness (QED) is 0.227. The lowest BCUT2D eigenvalue weighted by atomic mass is 9.49. The Balaban J connectivity index is 2.16. The van der Waals surface area contributed by atoms with Gasteiger partial charge in [-0.1, -0.05) is 39.7 Å². The Morgan fingerprint density at radius 3 is 2.48 bits per heavy atom. The summed E-state index contributed by atoms with van der Waals surface area (Å²) in [7, 11) is -4.43. The van der Waals surface area contributed by atoms with Gasteiger partial charge in [0.2, 0.25) is 0 Å². The molecule has 8 heteroatoms. The molecule has 0 amide bonds. The first-order chi connectivity index (χ1) is 15.4. The number of fused-ring (bicyclic) bond motifs is 3. The standard InChI is InChI=1S/C25H38O6S2/c1-16(2)17-13-18-19(14-21(17)33(28,29)30)24(3)9-8-10-25(4,23(26)27)22(24)15-20(18)31-11-6-5-7-12-32/h13-14,16,20,22,32H,5-12,15H2,1-4H3,(H,26,27)(H,28,29,30)/t20?,22-,24-,25-/m1/s1. The van der Waals surface area contributed by atoms with E-state index in [2.05, 4.69) is 19.6 Å². The molecule has 1 unspecified atom stereocenters. The number of carbonyl (C=O) groups is 1. The lowest BCUT2D eigenvalue weighted by Gasteiger charge is -2.55. The van der Waals surface area contributed by atoms with Crippen molar-refractivity contribution in [3.8, 4) is 0 Å². The topological polar surface area (TPSA) is 101 Å². The number of thiol groups is 1. The fourth-order valence-electron chi connectivity index (χ4n) is 6.14. The summed E-state index contributed by atoms with van der Waals surface area (Å²) in [5.41, 5.74) is 0.880. The highest BCUT2D eigenvalue weighted by atomic mass is 32.2. The Morgan fingerprint density at radius 2 is 1.91 bits per heavy atom. The van der Waals surface area contributed by atoms with Crippen LogP contribution in [0.5, 0.6) is 0 Å². The van der Waals surface area contributed by atoms with Crippen molar-refractivity contribution in [2.75, 3.05) is 12.4 Å². The van der Waals surface area contributed by atoms with Crippen molar-refractivity contribution in [1.82, 2.24) is 0 Å². The summed E-state index contributed by atoms with van der Waals surface area (Å²) >= 11 is 4.26. The zero-order valence-corrected chi connectivity index (χ0v) is 21.8. The van der Waals surface area contributed by atoms with Crippen LogP contribution in [-0.4, -0.2) is 36.4 Å². The minimum Gasteiger partial charge on any atom is -0.481 e. The highest BCUT2D eigenvalue weighted by molar-refractivity contribution is 7.85. The highest BCUT2D eigenvalue weighted by Gasteiger charge is 2.57. The van der Waals surface area contributed by atoms with E-state index in [1.165, 1.54) is 0 Å². The van der Waals surface area contributed by atoms with Crippen molar-refractivity contribution in [2.45, 2.75) is 95.0 Å². The summed E-state index contributed by atoms with van der Waals surface area (Å²) in [5.74, 6) is -0.294. The average molecular weight is 499 g/mol. The minimum atomic E-state index is -4.43. The third-order valence-electron chi connectivity index (χ3n) is 8.03. The van der Waals surface area contributed by atoms with Gasteiger partial charge in [0.1, 0.15) is 0 Å². The van der Waals surface area contributed by atoms with Gasteiger partial charge in [-0.2, -0.15) is 21.0 Å². The predicted octanol–water partition coefficient (Wildman–Crippen LogP) is 5.77. The van der Waals surface area contributed by atoms with Gasteiger partial charge in [-0.05, 0) is 84.8 Å². The van der Waals surface area contributed by atoms with Crippen LogP contribution in [0.1, 0.15) is 101 Å². The third-order valence-corrected chi connectivity index (χ3v) is 9.26. The van der Waals surface area contributed by atoms with Crippen molar-refractivity contribution in [3.05, 3.63) is 28.8 Å². The number of carboxylic acids is 1. The summed E-state index contributed by atoms with van der Waals surface area (Å²) in [4.78, 5) is 12.3. The number of ether oxygens (including phenoxy) is 1. The smallest absolute Gasteiger partial charge is 0.309 e. The number of carboxylic acid groups (broad SMARTS) is 1. The van der Waals surface area contributed by atoms with Crippen molar-refractivity contribution in [1.29, 1.82) is 0 Å². The summed E-state index contributed by atoms with van der Waals surface area (Å²) in [5, 5.41) is 10.2.